The van der Waals surface area contributed by atoms with Gasteiger partial charge in [0, 0.05) is 18.0 Å². The molecule has 3 heterocycles. The van der Waals surface area contributed by atoms with E-state index in [1.807, 2.05) is 18.2 Å². The van der Waals surface area contributed by atoms with Crippen LogP contribution in [0.2, 0.25) is 5.02 Å². The molecule has 0 fully saturated rings. The Bertz CT molecular complexity index is 1460. The molecular formula is C23H20ClN5O2S. The van der Waals surface area contributed by atoms with Crippen molar-refractivity contribution in [1.29, 1.82) is 5.26 Å². The highest BCUT2D eigenvalue weighted by Crippen LogP contribution is 2.29. The normalized spacial score (nSPS) is 12.0. The number of nitrogens with one attached hydrogen (secondary N) is 1. The summed E-state index contributed by atoms with van der Waals surface area (Å²) in [6.45, 7) is 6.20. The Balaban J connectivity index is 1.74. The number of pyridine rings is 2. The predicted octanol–water partition coefficient (Wildman–Crippen LogP) is 5.02. The number of halogens is 1. The third-order valence-corrected chi connectivity index (χ3v) is 6.69. The van der Waals surface area contributed by atoms with E-state index in [4.69, 9.17) is 16.9 Å². The van der Waals surface area contributed by atoms with Crippen molar-refractivity contribution in [3.63, 3.8) is 0 Å². The molecule has 1 aromatic carbocycles. The summed E-state index contributed by atoms with van der Waals surface area (Å²) in [7, 11) is -3.86. The Morgan fingerprint density at radius 3 is 2.44 bits per heavy atom. The number of sulfonamides is 1. The fraction of sp³-hybridized carbons (Fsp3) is 0.174. The Morgan fingerprint density at radius 2 is 1.78 bits per heavy atom. The van der Waals surface area contributed by atoms with Gasteiger partial charge in [0.15, 0.2) is 0 Å². The molecule has 0 atom stereocenters. The first kappa shape index (κ1) is 21.8. The standard InChI is InChI=1S/C23H20ClN5O2S/c1-23(2,3)17-4-6-18(7-5-17)32(30,31)28-22-9-8-19(24)21-11-20(27-29(21)22)16-10-15(12-25)13-26-14-16/h4-11,13-14,28H,1-3H3. The van der Waals surface area contributed by atoms with Gasteiger partial charge >= 0.3 is 0 Å². The highest BCUT2D eigenvalue weighted by Gasteiger charge is 2.20. The summed E-state index contributed by atoms with van der Waals surface area (Å²) >= 11 is 6.33. The lowest BCUT2D eigenvalue weighted by Crippen LogP contribution is -2.16. The predicted molar refractivity (Wildman–Crippen MR) is 124 cm³/mol. The molecule has 0 aliphatic heterocycles. The minimum absolute atomic E-state index is 0.0821. The first-order chi connectivity index (χ1) is 15.1. The molecule has 3 aromatic heterocycles. The van der Waals surface area contributed by atoms with Gasteiger partial charge in [0.1, 0.15) is 11.9 Å². The van der Waals surface area contributed by atoms with Crippen LogP contribution in [0.4, 0.5) is 5.82 Å². The molecule has 0 saturated carbocycles. The molecule has 0 aliphatic rings. The molecule has 1 N–H and O–H groups in total. The van der Waals surface area contributed by atoms with E-state index in [2.05, 4.69) is 35.6 Å². The minimum Gasteiger partial charge on any atom is -0.263 e. The minimum atomic E-state index is -3.86. The van der Waals surface area contributed by atoms with Crippen molar-refractivity contribution in [2.24, 2.45) is 0 Å². The zero-order chi connectivity index (χ0) is 23.1. The Hall–Kier alpha value is -3.41. The maximum atomic E-state index is 13.0. The second kappa shape index (κ2) is 7.93. The van der Waals surface area contributed by atoms with E-state index in [0.717, 1.165) is 5.56 Å². The molecular weight excluding hydrogens is 446 g/mol. The molecule has 0 bridgehead atoms. The second-order valence-corrected chi connectivity index (χ2v) is 10.4. The zero-order valence-corrected chi connectivity index (χ0v) is 19.2. The lowest BCUT2D eigenvalue weighted by atomic mass is 9.87. The molecule has 32 heavy (non-hydrogen) atoms. The largest absolute Gasteiger partial charge is 0.263 e. The molecule has 0 unspecified atom stereocenters. The van der Waals surface area contributed by atoms with E-state index < -0.39 is 10.0 Å². The molecule has 0 amide bonds. The van der Waals surface area contributed by atoms with Crippen molar-refractivity contribution in [2.45, 2.75) is 31.1 Å². The van der Waals surface area contributed by atoms with E-state index in [9.17, 15) is 8.42 Å². The molecule has 4 rings (SSSR count). The summed E-state index contributed by atoms with van der Waals surface area (Å²) in [4.78, 5) is 4.20. The maximum absolute atomic E-state index is 13.0. The molecule has 162 valence electrons. The van der Waals surface area contributed by atoms with Crippen molar-refractivity contribution in [3.8, 4) is 17.3 Å². The van der Waals surface area contributed by atoms with Crippen LogP contribution in [0, 0.1) is 11.3 Å². The van der Waals surface area contributed by atoms with Crippen molar-refractivity contribution in [1.82, 2.24) is 14.6 Å². The quantitative estimate of drug-likeness (QED) is 0.456. The van der Waals surface area contributed by atoms with Gasteiger partial charge in [-0.3, -0.25) is 9.71 Å². The van der Waals surface area contributed by atoms with Gasteiger partial charge in [0.25, 0.3) is 10.0 Å². The van der Waals surface area contributed by atoms with E-state index in [-0.39, 0.29) is 16.1 Å². The lowest BCUT2D eigenvalue weighted by Gasteiger charge is -2.19. The number of benzene rings is 1. The van der Waals surface area contributed by atoms with Crippen molar-refractivity contribution >= 4 is 33.0 Å². The summed E-state index contributed by atoms with van der Waals surface area (Å²) in [6, 6.07) is 15.4. The topological polar surface area (TPSA) is 100 Å². The van der Waals surface area contributed by atoms with Gasteiger partial charge in [-0.2, -0.15) is 10.4 Å². The smallest absolute Gasteiger partial charge is 0.263 e. The molecule has 4 aromatic rings. The number of nitrogens with zero attached hydrogens (tertiary/aromatic N) is 4. The monoisotopic (exact) mass is 465 g/mol. The third-order valence-electron chi connectivity index (χ3n) is 5.00. The number of hydrogen-bond donors (Lipinski definition) is 1. The van der Waals surface area contributed by atoms with Crippen LogP contribution >= 0.6 is 11.6 Å². The average molecular weight is 466 g/mol. The van der Waals surface area contributed by atoms with Crippen molar-refractivity contribution in [3.05, 3.63) is 77.1 Å². The fourth-order valence-electron chi connectivity index (χ4n) is 3.23. The van der Waals surface area contributed by atoms with Crippen LogP contribution in [0.3, 0.4) is 0 Å². The van der Waals surface area contributed by atoms with E-state index in [0.29, 0.717) is 27.4 Å². The van der Waals surface area contributed by atoms with Gasteiger partial charge in [-0.15, -0.1) is 0 Å². The van der Waals surface area contributed by atoms with Crippen LogP contribution in [0.1, 0.15) is 31.9 Å². The SMILES string of the molecule is CC(C)(C)c1ccc(S(=O)(=O)Nc2ccc(Cl)c3cc(-c4cncc(C#N)c4)nn23)cc1. The van der Waals surface area contributed by atoms with Crippen LogP contribution in [0.25, 0.3) is 16.8 Å². The van der Waals surface area contributed by atoms with Crippen LogP contribution < -0.4 is 4.72 Å². The highest BCUT2D eigenvalue weighted by atomic mass is 35.5. The van der Waals surface area contributed by atoms with Gasteiger partial charge in [-0.05, 0) is 47.4 Å². The summed E-state index contributed by atoms with van der Waals surface area (Å²) in [6.07, 6.45) is 3.04. The second-order valence-electron chi connectivity index (χ2n) is 8.35. The van der Waals surface area contributed by atoms with Gasteiger partial charge in [-0.25, -0.2) is 12.9 Å². The number of nitriles is 1. The first-order valence-electron chi connectivity index (χ1n) is 9.76. The Morgan fingerprint density at radius 1 is 1.06 bits per heavy atom. The number of hydrogen-bond acceptors (Lipinski definition) is 5. The van der Waals surface area contributed by atoms with Gasteiger partial charge in [0.2, 0.25) is 0 Å². The van der Waals surface area contributed by atoms with Gasteiger partial charge < -0.3 is 0 Å². The maximum Gasteiger partial charge on any atom is 0.263 e. The summed E-state index contributed by atoms with van der Waals surface area (Å²) in [5.41, 5.74) is 3.00. The molecule has 0 radical (unpaired) electrons. The molecule has 0 aliphatic carbocycles. The van der Waals surface area contributed by atoms with Crippen LogP contribution in [0.5, 0.6) is 0 Å². The van der Waals surface area contributed by atoms with E-state index >= 15 is 0 Å². The zero-order valence-electron chi connectivity index (χ0n) is 17.7. The summed E-state index contributed by atoms with van der Waals surface area (Å²) in [5.74, 6) is 0.236. The summed E-state index contributed by atoms with van der Waals surface area (Å²) < 4.78 is 30.1. The molecule has 0 spiro atoms. The number of fused-ring (bicyclic) bond motifs is 1. The van der Waals surface area contributed by atoms with Crippen molar-refractivity contribution in [2.75, 3.05) is 4.72 Å². The summed E-state index contributed by atoms with van der Waals surface area (Å²) in [5, 5.41) is 14.0. The molecule has 9 heteroatoms. The molecule has 7 nitrogen and oxygen atoms in total. The third kappa shape index (κ3) is 4.17. The number of anilines is 1. The number of aromatic nitrogens is 3. The Labute approximate surface area is 191 Å². The van der Waals surface area contributed by atoms with Gasteiger partial charge in [-0.1, -0.05) is 44.5 Å². The fourth-order valence-corrected chi connectivity index (χ4v) is 4.47. The molecule has 0 saturated heterocycles. The lowest BCUT2D eigenvalue weighted by molar-refractivity contribution is 0.587. The van der Waals surface area contributed by atoms with Crippen LogP contribution in [-0.4, -0.2) is 23.0 Å². The van der Waals surface area contributed by atoms with Gasteiger partial charge in [0.05, 0.1) is 26.7 Å². The number of rotatable bonds is 4. The van der Waals surface area contributed by atoms with E-state index in [1.54, 1.807) is 42.6 Å². The van der Waals surface area contributed by atoms with Crippen LogP contribution in [0.15, 0.2) is 65.8 Å². The first-order valence-corrected chi connectivity index (χ1v) is 11.6. The highest BCUT2D eigenvalue weighted by molar-refractivity contribution is 7.92. The van der Waals surface area contributed by atoms with Crippen LogP contribution in [-0.2, 0) is 15.4 Å². The van der Waals surface area contributed by atoms with E-state index in [1.165, 1.54) is 10.7 Å². The Kier molecular flexibility index (Phi) is 5.41. The van der Waals surface area contributed by atoms with Crippen molar-refractivity contribution < 1.29 is 8.42 Å². The average Bonchev–Trinajstić information content (AvgIpc) is 3.22.